The number of methoxy groups -OCH3 is 1. The van der Waals surface area contributed by atoms with E-state index in [0.717, 1.165) is 5.56 Å². The first-order chi connectivity index (χ1) is 16.0. The highest BCUT2D eigenvalue weighted by molar-refractivity contribution is 9.11. The molecule has 0 radical (unpaired) electrons. The minimum atomic E-state index is -0.490. The van der Waals surface area contributed by atoms with E-state index >= 15 is 0 Å². The van der Waals surface area contributed by atoms with Gasteiger partial charge in [-0.2, -0.15) is 9.78 Å². The molecule has 9 heteroatoms. The van der Waals surface area contributed by atoms with Crippen LogP contribution in [0.5, 0.6) is 5.75 Å². The zero-order valence-corrected chi connectivity index (χ0v) is 20.5. The van der Waals surface area contributed by atoms with E-state index in [1.54, 1.807) is 36.5 Å². The molecule has 3 aromatic carbocycles. The van der Waals surface area contributed by atoms with E-state index in [2.05, 4.69) is 46.7 Å². The van der Waals surface area contributed by atoms with E-state index in [4.69, 9.17) is 4.74 Å². The number of carbonyl (C=O) groups excluding carboxylic acids is 1. The third-order valence-corrected chi connectivity index (χ3v) is 5.87. The number of halogens is 2. The number of hydrogen-bond acceptors (Lipinski definition) is 6. The van der Waals surface area contributed by atoms with Gasteiger partial charge in [0.15, 0.2) is 12.4 Å². The Balaban J connectivity index is 1.76. The van der Waals surface area contributed by atoms with E-state index in [1.807, 2.05) is 36.4 Å². The van der Waals surface area contributed by atoms with Crippen LogP contribution in [0, 0.1) is 0 Å². The van der Waals surface area contributed by atoms with E-state index in [0.29, 0.717) is 37.0 Å². The predicted molar refractivity (Wildman–Crippen MR) is 134 cm³/mol. The van der Waals surface area contributed by atoms with Gasteiger partial charge in [-0.25, -0.2) is 9.78 Å². The highest BCUT2D eigenvalue weighted by atomic mass is 79.9. The first-order valence-electron chi connectivity index (χ1n) is 9.78. The second kappa shape index (κ2) is 10.1. The van der Waals surface area contributed by atoms with Gasteiger partial charge in [0.05, 0.1) is 33.2 Å². The van der Waals surface area contributed by atoms with E-state index < -0.39 is 5.97 Å². The smallest absolute Gasteiger partial charge is 0.343 e. The summed E-state index contributed by atoms with van der Waals surface area (Å²) >= 11 is 6.89. The molecule has 7 nitrogen and oxygen atoms in total. The number of aromatic nitrogens is 2. The van der Waals surface area contributed by atoms with E-state index in [-0.39, 0.29) is 12.2 Å². The van der Waals surface area contributed by atoms with Gasteiger partial charge in [-0.05, 0) is 61.7 Å². The van der Waals surface area contributed by atoms with Crippen molar-refractivity contribution in [3.63, 3.8) is 0 Å². The SMILES string of the molecule is COC(=O)COc1c(Br)cc(C=Nn2c(-c3ccccc3)nc3ccccc3c2=O)cc1Br. The minimum absolute atomic E-state index is 0.222. The second-order valence-corrected chi connectivity index (χ2v) is 8.57. The van der Waals surface area contributed by atoms with Gasteiger partial charge in [-0.1, -0.05) is 42.5 Å². The zero-order chi connectivity index (χ0) is 23.4. The average molecular weight is 571 g/mol. The minimum Gasteiger partial charge on any atom is -0.480 e. The molecule has 1 aromatic heterocycles. The van der Waals surface area contributed by atoms with Gasteiger partial charge in [0.2, 0.25) is 0 Å². The van der Waals surface area contributed by atoms with Crippen LogP contribution < -0.4 is 10.3 Å². The normalized spacial score (nSPS) is 11.1. The standard InChI is InChI=1S/C24H17Br2N3O4/c1-32-21(30)14-33-22-18(25)11-15(12-19(22)26)13-27-29-23(16-7-3-2-4-8-16)28-20-10-6-5-9-17(20)24(29)31/h2-13H,14H2,1H3. The van der Waals surface area contributed by atoms with Crippen molar-refractivity contribution in [2.45, 2.75) is 0 Å². The Morgan fingerprint density at radius 2 is 1.73 bits per heavy atom. The molecule has 33 heavy (non-hydrogen) atoms. The predicted octanol–water partition coefficient (Wildman–Crippen LogP) is 5.02. The van der Waals surface area contributed by atoms with E-state index in [9.17, 15) is 9.59 Å². The van der Waals surface area contributed by atoms with Crippen LogP contribution in [0.1, 0.15) is 5.56 Å². The largest absolute Gasteiger partial charge is 0.480 e. The topological polar surface area (TPSA) is 82.8 Å². The summed E-state index contributed by atoms with van der Waals surface area (Å²) in [7, 11) is 1.29. The zero-order valence-electron chi connectivity index (χ0n) is 17.4. The molecular formula is C24H17Br2N3O4. The van der Waals surface area contributed by atoms with Crippen molar-refractivity contribution in [3.05, 3.63) is 91.6 Å². The number of fused-ring (bicyclic) bond motifs is 1. The molecule has 0 unspecified atom stereocenters. The van der Waals surface area contributed by atoms with Crippen molar-refractivity contribution in [1.29, 1.82) is 0 Å². The highest BCUT2D eigenvalue weighted by Gasteiger charge is 2.13. The van der Waals surface area contributed by atoms with Crippen molar-refractivity contribution in [2.75, 3.05) is 13.7 Å². The van der Waals surface area contributed by atoms with Crippen LogP contribution in [0.4, 0.5) is 0 Å². The molecule has 0 fully saturated rings. The van der Waals surface area contributed by atoms with Crippen molar-refractivity contribution >= 4 is 54.9 Å². The molecule has 0 saturated carbocycles. The van der Waals surface area contributed by atoms with Gasteiger partial charge in [0.25, 0.3) is 5.56 Å². The van der Waals surface area contributed by atoms with Crippen molar-refractivity contribution < 1.29 is 14.3 Å². The Bertz CT molecular complexity index is 1400. The number of rotatable bonds is 6. The summed E-state index contributed by atoms with van der Waals surface area (Å²) in [4.78, 5) is 29.3. The summed E-state index contributed by atoms with van der Waals surface area (Å²) in [6.45, 7) is -0.222. The van der Waals surface area contributed by atoms with Gasteiger partial charge in [0.1, 0.15) is 5.75 Å². The summed E-state index contributed by atoms with van der Waals surface area (Å²) in [6, 6.07) is 20.1. The summed E-state index contributed by atoms with van der Waals surface area (Å²) < 4.78 is 12.6. The van der Waals surface area contributed by atoms with Crippen LogP contribution in [0.2, 0.25) is 0 Å². The maximum absolute atomic E-state index is 13.2. The summed E-state index contributed by atoms with van der Waals surface area (Å²) in [5.41, 5.74) is 1.79. The highest BCUT2D eigenvalue weighted by Crippen LogP contribution is 2.34. The third-order valence-electron chi connectivity index (χ3n) is 4.69. The molecule has 0 aliphatic rings. The summed E-state index contributed by atoms with van der Waals surface area (Å²) in [5, 5.41) is 4.94. The number of ether oxygens (including phenoxy) is 2. The second-order valence-electron chi connectivity index (χ2n) is 6.86. The first-order valence-corrected chi connectivity index (χ1v) is 11.4. The maximum Gasteiger partial charge on any atom is 0.343 e. The Kier molecular flexibility index (Phi) is 7.00. The van der Waals surface area contributed by atoms with Crippen molar-refractivity contribution in [2.24, 2.45) is 5.10 Å². The number of esters is 1. The molecule has 0 saturated heterocycles. The molecule has 4 aromatic rings. The molecule has 0 aliphatic heterocycles. The fourth-order valence-corrected chi connectivity index (χ4v) is 4.56. The fraction of sp³-hybridized carbons (Fsp3) is 0.0833. The number of nitrogens with zero attached hydrogens (tertiary/aromatic N) is 3. The van der Waals surface area contributed by atoms with Crippen LogP contribution in [-0.2, 0) is 9.53 Å². The van der Waals surface area contributed by atoms with Gasteiger partial charge in [-0.3, -0.25) is 4.79 Å². The molecule has 0 N–H and O–H groups in total. The number of hydrogen-bond donors (Lipinski definition) is 0. The van der Waals surface area contributed by atoms with Crippen LogP contribution in [0.25, 0.3) is 22.3 Å². The van der Waals surface area contributed by atoms with Gasteiger partial charge < -0.3 is 9.47 Å². The molecule has 166 valence electrons. The molecular weight excluding hydrogens is 554 g/mol. The Hall–Kier alpha value is -3.30. The summed E-state index contributed by atoms with van der Waals surface area (Å²) in [5.74, 6) is 0.398. The van der Waals surface area contributed by atoms with Crippen LogP contribution in [-0.4, -0.2) is 35.6 Å². The molecule has 0 atom stereocenters. The van der Waals surface area contributed by atoms with Crippen LogP contribution in [0.15, 0.2) is 85.6 Å². The number of benzene rings is 3. The quantitative estimate of drug-likeness (QED) is 0.240. The molecule has 4 rings (SSSR count). The lowest BCUT2D eigenvalue weighted by Gasteiger charge is -2.11. The third kappa shape index (κ3) is 5.04. The molecule has 0 spiro atoms. The Labute approximate surface area is 205 Å². The fourth-order valence-electron chi connectivity index (χ4n) is 3.11. The monoisotopic (exact) mass is 569 g/mol. The first kappa shape index (κ1) is 22.9. The number of carbonyl (C=O) groups is 1. The van der Waals surface area contributed by atoms with Crippen molar-refractivity contribution in [1.82, 2.24) is 9.66 Å². The number of para-hydroxylation sites is 1. The summed E-state index contributed by atoms with van der Waals surface area (Å²) in [6.07, 6.45) is 1.56. The van der Waals surface area contributed by atoms with Crippen LogP contribution >= 0.6 is 31.9 Å². The Morgan fingerprint density at radius 3 is 2.42 bits per heavy atom. The van der Waals surface area contributed by atoms with Gasteiger partial charge >= 0.3 is 5.97 Å². The average Bonchev–Trinajstić information content (AvgIpc) is 2.83. The lowest BCUT2D eigenvalue weighted by Crippen LogP contribution is -2.20. The molecule has 0 aliphatic carbocycles. The van der Waals surface area contributed by atoms with E-state index in [1.165, 1.54) is 11.8 Å². The molecule has 1 heterocycles. The maximum atomic E-state index is 13.2. The van der Waals surface area contributed by atoms with Gasteiger partial charge in [-0.15, -0.1) is 0 Å². The lowest BCUT2D eigenvalue weighted by molar-refractivity contribution is -0.142. The van der Waals surface area contributed by atoms with Crippen molar-refractivity contribution in [3.8, 4) is 17.1 Å². The Morgan fingerprint density at radius 1 is 1.06 bits per heavy atom. The molecule has 0 bridgehead atoms. The molecule has 0 amide bonds. The lowest BCUT2D eigenvalue weighted by atomic mass is 10.2. The van der Waals surface area contributed by atoms with Crippen LogP contribution in [0.3, 0.4) is 0 Å². The van der Waals surface area contributed by atoms with Gasteiger partial charge in [0, 0.05) is 5.56 Å².